The highest BCUT2D eigenvalue weighted by Crippen LogP contribution is 2.27. The van der Waals surface area contributed by atoms with Gasteiger partial charge in [0, 0.05) is 23.5 Å². The first-order chi connectivity index (χ1) is 9.96. The Balaban J connectivity index is 2.30. The average molecular weight is 375 g/mol. The van der Waals surface area contributed by atoms with Gasteiger partial charge >= 0.3 is 0 Å². The third-order valence-electron chi connectivity index (χ3n) is 3.42. The molecule has 0 bridgehead atoms. The lowest BCUT2D eigenvalue weighted by Crippen LogP contribution is -2.16. The number of nitrogens with two attached hydrogens (primary N) is 1. The molecule has 1 aromatic carbocycles. The van der Waals surface area contributed by atoms with Crippen LogP contribution in [0.3, 0.4) is 0 Å². The molecule has 114 valence electrons. The first kappa shape index (κ1) is 16.5. The predicted octanol–water partition coefficient (Wildman–Crippen LogP) is 4.26. The maximum Gasteiger partial charge on any atom is 0.124 e. The van der Waals surface area contributed by atoms with Crippen LogP contribution in [0.2, 0.25) is 5.02 Å². The summed E-state index contributed by atoms with van der Waals surface area (Å²) in [6.45, 7) is 4.76. The molecule has 1 unspecified atom stereocenters. The van der Waals surface area contributed by atoms with Gasteiger partial charge in [0.1, 0.15) is 5.82 Å². The fourth-order valence-electron chi connectivity index (χ4n) is 2.33. The maximum atomic E-state index is 13.5. The molecule has 1 heterocycles. The summed E-state index contributed by atoms with van der Waals surface area (Å²) in [5.74, 6) is -0.306. The Labute approximate surface area is 137 Å². The maximum absolute atomic E-state index is 13.5. The highest BCUT2D eigenvalue weighted by molar-refractivity contribution is 9.10. The van der Waals surface area contributed by atoms with E-state index >= 15 is 0 Å². The Morgan fingerprint density at radius 1 is 1.38 bits per heavy atom. The van der Waals surface area contributed by atoms with Crippen molar-refractivity contribution in [2.75, 3.05) is 0 Å². The van der Waals surface area contributed by atoms with Crippen molar-refractivity contribution >= 4 is 27.5 Å². The van der Waals surface area contributed by atoms with Crippen LogP contribution < -0.4 is 5.73 Å². The summed E-state index contributed by atoms with van der Waals surface area (Å²) in [5, 5.41) is 5.15. The molecule has 21 heavy (non-hydrogen) atoms. The normalized spacial score (nSPS) is 12.7. The SMILES string of the molecule is CCc1nn(CC)c(CC(N)c2cc(F)cc(Br)c2)c1Cl. The number of aryl methyl sites for hydroxylation is 2. The van der Waals surface area contributed by atoms with E-state index in [2.05, 4.69) is 21.0 Å². The molecule has 0 fully saturated rings. The second-order valence-corrected chi connectivity index (χ2v) is 6.18. The van der Waals surface area contributed by atoms with Crippen LogP contribution in [0.4, 0.5) is 4.39 Å². The number of hydrogen-bond donors (Lipinski definition) is 1. The lowest BCUT2D eigenvalue weighted by Gasteiger charge is -2.14. The van der Waals surface area contributed by atoms with Gasteiger partial charge in [-0.2, -0.15) is 5.10 Å². The van der Waals surface area contributed by atoms with Crippen molar-refractivity contribution < 1.29 is 4.39 Å². The molecule has 0 radical (unpaired) electrons. The second-order valence-electron chi connectivity index (χ2n) is 4.89. The molecule has 0 amide bonds. The molecular weight excluding hydrogens is 357 g/mol. The van der Waals surface area contributed by atoms with Gasteiger partial charge in [0.25, 0.3) is 0 Å². The predicted molar refractivity (Wildman–Crippen MR) is 87.0 cm³/mol. The fourth-order valence-corrected chi connectivity index (χ4v) is 3.16. The van der Waals surface area contributed by atoms with Gasteiger partial charge in [0.15, 0.2) is 0 Å². The zero-order valence-electron chi connectivity index (χ0n) is 12.0. The van der Waals surface area contributed by atoms with Crippen molar-refractivity contribution in [1.29, 1.82) is 0 Å². The topological polar surface area (TPSA) is 43.8 Å². The molecule has 0 saturated carbocycles. The molecule has 2 aromatic rings. The van der Waals surface area contributed by atoms with Gasteiger partial charge < -0.3 is 5.73 Å². The van der Waals surface area contributed by atoms with Crippen LogP contribution in [0, 0.1) is 5.82 Å². The summed E-state index contributed by atoms with van der Waals surface area (Å²) in [4.78, 5) is 0. The highest BCUT2D eigenvalue weighted by atomic mass is 79.9. The second kappa shape index (κ2) is 6.90. The minimum Gasteiger partial charge on any atom is -0.324 e. The van der Waals surface area contributed by atoms with E-state index < -0.39 is 0 Å². The fraction of sp³-hybridized carbons (Fsp3) is 0.400. The standard InChI is InChI=1S/C15H18BrClFN3/c1-3-13-15(17)14(21(4-2)20-13)8-12(19)9-5-10(16)7-11(18)6-9/h5-7,12H,3-4,8,19H2,1-2H3. The van der Waals surface area contributed by atoms with E-state index in [9.17, 15) is 4.39 Å². The Bertz CT molecular complexity index is 622. The molecule has 0 aliphatic carbocycles. The summed E-state index contributed by atoms with van der Waals surface area (Å²) >= 11 is 9.67. The van der Waals surface area contributed by atoms with Gasteiger partial charge in [-0.1, -0.05) is 34.5 Å². The smallest absolute Gasteiger partial charge is 0.124 e. The highest BCUT2D eigenvalue weighted by Gasteiger charge is 2.18. The largest absolute Gasteiger partial charge is 0.324 e. The summed E-state index contributed by atoms with van der Waals surface area (Å²) in [5.41, 5.74) is 8.74. The first-order valence-electron chi connectivity index (χ1n) is 6.91. The number of hydrogen-bond acceptors (Lipinski definition) is 2. The lowest BCUT2D eigenvalue weighted by molar-refractivity contribution is 0.580. The van der Waals surface area contributed by atoms with Crippen LogP contribution in [0.1, 0.15) is 36.8 Å². The van der Waals surface area contributed by atoms with Crippen molar-refractivity contribution in [3.05, 3.63) is 50.5 Å². The third kappa shape index (κ3) is 3.65. The van der Waals surface area contributed by atoms with Crippen molar-refractivity contribution in [3.8, 4) is 0 Å². The van der Waals surface area contributed by atoms with E-state index in [1.54, 1.807) is 0 Å². The summed E-state index contributed by atoms with van der Waals surface area (Å²) in [6, 6.07) is 4.36. The minimum absolute atomic E-state index is 0.306. The third-order valence-corrected chi connectivity index (χ3v) is 4.31. The Morgan fingerprint density at radius 2 is 2.10 bits per heavy atom. The number of rotatable bonds is 5. The average Bonchev–Trinajstić information content (AvgIpc) is 2.74. The molecule has 3 nitrogen and oxygen atoms in total. The lowest BCUT2D eigenvalue weighted by atomic mass is 10.0. The van der Waals surface area contributed by atoms with E-state index in [0.717, 1.165) is 29.9 Å². The van der Waals surface area contributed by atoms with Crippen molar-refractivity contribution in [1.82, 2.24) is 9.78 Å². The van der Waals surface area contributed by atoms with Crippen molar-refractivity contribution in [2.45, 2.75) is 39.3 Å². The summed E-state index contributed by atoms with van der Waals surface area (Å²) in [7, 11) is 0. The van der Waals surface area contributed by atoms with Crippen LogP contribution >= 0.6 is 27.5 Å². The summed E-state index contributed by atoms with van der Waals surface area (Å²) < 4.78 is 16.0. The van der Waals surface area contributed by atoms with Gasteiger partial charge in [0.05, 0.1) is 16.4 Å². The van der Waals surface area contributed by atoms with Crippen molar-refractivity contribution in [3.63, 3.8) is 0 Å². The molecule has 0 spiro atoms. The van der Waals surface area contributed by atoms with Gasteiger partial charge in [0.2, 0.25) is 0 Å². The van der Waals surface area contributed by atoms with Crippen LogP contribution in [0.5, 0.6) is 0 Å². The van der Waals surface area contributed by atoms with Crippen LogP contribution in [0.15, 0.2) is 22.7 Å². The Hall–Kier alpha value is -0.910. The zero-order valence-corrected chi connectivity index (χ0v) is 14.4. The van der Waals surface area contributed by atoms with Crippen LogP contribution in [0.25, 0.3) is 0 Å². The van der Waals surface area contributed by atoms with Gasteiger partial charge in [-0.05, 0) is 37.1 Å². The van der Waals surface area contributed by atoms with Gasteiger partial charge in [-0.25, -0.2) is 4.39 Å². The minimum atomic E-state index is -0.332. The molecule has 1 aromatic heterocycles. The molecular formula is C15H18BrClFN3. The van der Waals surface area contributed by atoms with E-state index in [-0.39, 0.29) is 11.9 Å². The monoisotopic (exact) mass is 373 g/mol. The number of nitrogens with zero attached hydrogens (tertiary/aromatic N) is 2. The van der Waals surface area contributed by atoms with E-state index in [1.165, 1.54) is 12.1 Å². The quantitative estimate of drug-likeness (QED) is 0.849. The Morgan fingerprint density at radius 3 is 2.67 bits per heavy atom. The molecule has 2 N–H and O–H groups in total. The zero-order chi connectivity index (χ0) is 15.6. The first-order valence-corrected chi connectivity index (χ1v) is 8.08. The molecule has 0 aliphatic rings. The molecule has 6 heteroatoms. The molecule has 2 rings (SSSR count). The van der Waals surface area contributed by atoms with E-state index in [4.69, 9.17) is 17.3 Å². The van der Waals surface area contributed by atoms with Gasteiger partial charge in [-0.15, -0.1) is 0 Å². The summed E-state index contributed by atoms with van der Waals surface area (Å²) in [6.07, 6.45) is 1.30. The number of benzene rings is 1. The van der Waals surface area contributed by atoms with Crippen LogP contribution in [-0.4, -0.2) is 9.78 Å². The molecule has 0 saturated heterocycles. The number of aromatic nitrogens is 2. The van der Waals surface area contributed by atoms with E-state index in [0.29, 0.717) is 15.9 Å². The van der Waals surface area contributed by atoms with E-state index in [1.807, 2.05) is 24.6 Å². The Kier molecular flexibility index (Phi) is 5.41. The molecule has 0 aliphatic heterocycles. The van der Waals surface area contributed by atoms with Crippen LogP contribution in [-0.2, 0) is 19.4 Å². The van der Waals surface area contributed by atoms with Gasteiger partial charge in [-0.3, -0.25) is 4.68 Å². The van der Waals surface area contributed by atoms with Crippen molar-refractivity contribution in [2.24, 2.45) is 5.73 Å². The molecule has 1 atom stereocenters. The number of halogens is 3.